The average Bonchev–Trinajstić information content (AvgIpc) is 2.83. The standard InChI is InChI=1S/C12H15BrN2/c1-8-4-12(14-6-11(8)13)15-7-9-2-3-10(15)5-9/h4,6,9-10H,2-3,5,7H2,1H3. The summed E-state index contributed by atoms with van der Waals surface area (Å²) in [6, 6.07) is 2.97. The van der Waals surface area contributed by atoms with E-state index in [1.165, 1.54) is 37.2 Å². The summed E-state index contributed by atoms with van der Waals surface area (Å²) in [6.07, 6.45) is 6.10. The molecule has 2 aliphatic rings. The highest BCUT2D eigenvalue weighted by molar-refractivity contribution is 9.10. The Hall–Kier alpha value is -0.570. The van der Waals surface area contributed by atoms with Crippen LogP contribution in [0, 0.1) is 12.8 Å². The minimum absolute atomic E-state index is 0.767. The predicted molar refractivity (Wildman–Crippen MR) is 65.1 cm³/mol. The van der Waals surface area contributed by atoms with Gasteiger partial charge in [-0.15, -0.1) is 0 Å². The number of piperidine rings is 1. The van der Waals surface area contributed by atoms with E-state index in [9.17, 15) is 0 Å². The number of halogens is 1. The SMILES string of the molecule is Cc1cc(N2CC3CCC2C3)ncc1Br. The van der Waals surface area contributed by atoms with Crippen LogP contribution in [0.4, 0.5) is 5.82 Å². The molecule has 1 aliphatic heterocycles. The van der Waals surface area contributed by atoms with Gasteiger partial charge in [-0.1, -0.05) is 0 Å². The lowest BCUT2D eigenvalue weighted by Gasteiger charge is -2.28. The van der Waals surface area contributed by atoms with Crippen LogP contribution in [0.5, 0.6) is 0 Å². The van der Waals surface area contributed by atoms with Crippen LogP contribution in [-0.2, 0) is 0 Å². The van der Waals surface area contributed by atoms with Gasteiger partial charge in [0.2, 0.25) is 0 Å². The van der Waals surface area contributed by atoms with Gasteiger partial charge >= 0.3 is 0 Å². The van der Waals surface area contributed by atoms with E-state index < -0.39 is 0 Å². The van der Waals surface area contributed by atoms with Crippen molar-refractivity contribution < 1.29 is 0 Å². The largest absolute Gasteiger partial charge is 0.353 e. The summed E-state index contributed by atoms with van der Waals surface area (Å²) >= 11 is 3.50. The molecule has 2 atom stereocenters. The van der Waals surface area contributed by atoms with E-state index in [1.54, 1.807) is 0 Å². The van der Waals surface area contributed by atoms with E-state index in [2.05, 4.69) is 38.8 Å². The van der Waals surface area contributed by atoms with Crippen LogP contribution in [0.3, 0.4) is 0 Å². The van der Waals surface area contributed by atoms with Crippen LogP contribution in [0.1, 0.15) is 24.8 Å². The van der Waals surface area contributed by atoms with Crippen molar-refractivity contribution in [3.05, 3.63) is 22.3 Å². The highest BCUT2D eigenvalue weighted by atomic mass is 79.9. The highest BCUT2D eigenvalue weighted by Gasteiger charge is 2.38. The van der Waals surface area contributed by atoms with E-state index in [0.717, 1.165) is 16.4 Å². The zero-order chi connectivity index (χ0) is 10.4. The maximum atomic E-state index is 4.52. The Bertz CT molecular complexity index is 391. The fraction of sp³-hybridized carbons (Fsp3) is 0.583. The molecule has 1 aromatic rings. The summed E-state index contributed by atoms with van der Waals surface area (Å²) < 4.78 is 1.11. The van der Waals surface area contributed by atoms with Crippen molar-refractivity contribution in [2.24, 2.45) is 5.92 Å². The quantitative estimate of drug-likeness (QED) is 0.777. The molecule has 0 spiro atoms. The van der Waals surface area contributed by atoms with Gasteiger partial charge in [0.05, 0.1) is 0 Å². The third kappa shape index (κ3) is 1.57. The molecule has 1 saturated carbocycles. The number of anilines is 1. The second kappa shape index (κ2) is 3.48. The highest BCUT2D eigenvalue weighted by Crippen LogP contribution is 2.39. The maximum Gasteiger partial charge on any atom is 0.129 e. The lowest BCUT2D eigenvalue weighted by Crippen LogP contribution is -2.32. The molecule has 15 heavy (non-hydrogen) atoms. The third-order valence-electron chi connectivity index (χ3n) is 3.74. The van der Waals surface area contributed by atoms with Crippen LogP contribution in [-0.4, -0.2) is 17.6 Å². The molecule has 0 aromatic carbocycles. The Balaban J connectivity index is 1.90. The second-order valence-electron chi connectivity index (χ2n) is 4.78. The topological polar surface area (TPSA) is 16.1 Å². The number of rotatable bonds is 1. The molecule has 2 fully saturated rings. The Labute approximate surface area is 98.8 Å². The van der Waals surface area contributed by atoms with E-state index in [-0.39, 0.29) is 0 Å². The van der Waals surface area contributed by atoms with Gasteiger partial charge in [0.25, 0.3) is 0 Å². The molecular weight excluding hydrogens is 252 g/mol. The fourth-order valence-electron chi connectivity index (χ4n) is 2.89. The Morgan fingerprint density at radius 3 is 2.93 bits per heavy atom. The van der Waals surface area contributed by atoms with Crippen LogP contribution in [0.25, 0.3) is 0 Å². The van der Waals surface area contributed by atoms with Gasteiger partial charge in [-0.05, 0) is 59.7 Å². The molecule has 0 radical (unpaired) electrons. The molecule has 2 bridgehead atoms. The molecule has 1 aromatic heterocycles. The van der Waals surface area contributed by atoms with E-state index >= 15 is 0 Å². The molecule has 0 N–H and O–H groups in total. The van der Waals surface area contributed by atoms with Crippen molar-refractivity contribution in [3.63, 3.8) is 0 Å². The minimum Gasteiger partial charge on any atom is -0.353 e. The summed E-state index contributed by atoms with van der Waals surface area (Å²) in [5, 5.41) is 0. The number of fused-ring (bicyclic) bond motifs is 2. The van der Waals surface area contributed by atoms with Gasteiger partial charge < -0.3 is 4.90 Å². The smallest absolute Gasteiger partial charge is 0.129 e. The van der Waals surface area contributed by atoms with Gasteiger partial charge in [0.15, 0.2) is 0 Å². The Morgan fingerprint density at radius 1 is 1.47 bits per heavy atom. The number of pyridine rings is 1. The molecule has 2 nitrogen and oxygen atoms in total. The fourth-order valence-corrected chi connectivity index (χ4v) is 3.10. The summed E-state index contributed by atoms with van der Waals surface area (Å²) in [5.41, 5.74) is 1.28. The van der Waals surface area contributed by atoms with Crippen molar-refractivity contribution in [3.8, 4) is 0 Å². The molecule has 2 unspecified atom stereocenters. The van der Waals surface area contributed by atoms with Crippen molar-refractivity contribution in [1.82, 2.24) is 4.98 Å². The van der Waals surface area contributed by atoms with Gasteiger partial charge in [-0.25, -0.2) is 4.98 Å². The van der Waals surface area contributed by atoms with Crippen molar-refractivity contribution in [1.29, 1.82) is 0 Å². The van der Waals surface area contributed by atoms with E-state index in [1.807, 2.05) is 6.20 Å². The molecule has 3 heteroatoms. The van der Waals surface area contributed by atoms with Crippen LogP contribution in [0.15, 0.2) is 16.7 Å². The molecule has 80 valence electrons. The second-order valence-corrected chi connectivity index (χ2v) is 5.63. The zero-order valence-electron chi connectivity index (χ0n) is 8.91. The van der Waals surface area contributed by atoms with E-state index in [4.69, 9.17) is 0 Å². The number of hydrogen-bond acceptors (Lipinski definition) is 2. The monoisotopic (exact) mass is 266 g/mol. The first-order chi connectivity index (χ1) is 7.24. The van der Waals surface area contributed by atoms with Crippen molar-refractivity contribution in [2.75, 3.05) is 11.4 Å². The van der Waals surface area contributed by atoms with Crippen LogP contribution < -0.4 is 4.90 Å². The van der Waals surface area contributed by atoms with Crippen LogP contribution in [0.2, 0.25) is 0 Å². The molecule has 1 aliphatic carbocycles. The molecule has 1 saturated heterocycles. The first kappa shape index (κ1) is 9.64. The molecule has 2 heterocycles. The third-order valence-corrected chi connectivity index (χ3v) is 4.57. The Morgan fingerprint density at radius 2 is 2.33 bits per heavy atom. The number of nitrogens with zero attached hydrogens (tertiary/aromatic N) is 2. The number of hydrogen-bond donors (Lipinski definition) is 0. The lowest BCUT2D eigenvalue weighted by molar-refractivity contribution is 0.550. The van der Waals surface area contributed by atoms with Gasteiger partial charge in [0.1, 0.15) is 5.82 Å². The first-order valence-electron chi connectivity index (χ1n) is 5.63. The molecular formula is C12H15BrN2. The number of aryl methyl sites for hydroxylation is 1. The zero-order valence-corrected chi connectivity index (χ0v) is 10.5. The van der Waals surface area contributed by atoms with Crippen LogP contribution >= 0.6 is 15.9 Å². The first-order valence-corrected chi connectivity index (χ1v) is 6.42. The summed E-state index contributed by atoms with van der Waals surface area (Å²) in [7, 11) is 0. The molecule has 0 amide bonds. The van der Waals surface area contributed by atoms with E-state index in [0.29, 0.717) is 0 Å². The normalized spacial score (nSPS) is 28.8. The van der Waals surface area contributed by atoms with Crippen molar-refractivity contribution in [2.45, 2.75) is 32.2 Å². The number of aromatic nitrogens is 1. The van der Waals surface area contributed by atoms with Gasteiger partial charge in [-0.2, -0.15) is 0 Å². The summed E-state index contributed by atoms with van der Waals surface area (Å²) in [4.78, 5) is 7.01. The maximum absolute atomic E-state index is 4.52. The van der Waals surface area contributed by atoms with Crippen molar-refractivity contribution >= 4 is 21.7 Å². The average molecular weight is 267 g/mol. The van der Waals surface area contributed by atoms with Gasteiger partial charge in [-0.3, -0.25) is 0 Å². The predicted octanol–water partition coefficient (Wildman–Crippen LogP) is 3.14. The Kier molecular flexibility index (Phi) is 2.23. The lowest BCUT2D eigenvalue weighted by atomic mass is 10.1. The van der Waals surface area contributed by atoms with Gasteiger partial charge in [0, 0.05) is 23.3 Å². The minimum atomic E-state index is 0.767. The molecule has 3 rings (SSSR count). The summed E-state index contributed by atoms with van der Waals surface area (Å²) in [6.45, 7) is 3.35. The summed E-state index contributed by atoms with van der Waals surface area (Å²) in [5.74, 6) is 2.10.